The van der Waals surface area contributed by atoms with E-state index in [0.717, 1.165) is 38.5 Å². The average molecular weight is 254 g/mol. The first-order valence-corrected chi connectivity index (χ1v) is 6.89. The Morgan fingerprint density at radius 2 is 1.78 bits per heavy atom. The van der Waals surface area contributed by atoms with Crippen molar-refractivity contribution in [2.24, 2.45) is 5.73 Å². The number of rotatable bonds is 5. The smallest absolute Gasteiger partial charge is 0.325 e. The van der Waals surface area contributed by atoms with Crippen molar-refractivity contribution >= 4 is 11.9 Å². The Kier molecular flexibility index (Phi) is 4.58. The monoisotopic (exact) mass is 254 g/mol. The molecule has 0 spiro atoms. The molecule has 5 nitrogen and oxygen atoms in total. The maximum absolute atomic E-state index is 11.8. The number of nitrogens with two attached hydrogens (primary N) is 1. The second kappa shape index (κ2) is 6.18. The minimum absolute atomic E-state index is 0.0345. The highest BCUT2D eigenvalue weighted by atomic mass is 16.5. The van der Waals surface area contributed by atoms with E-state index >= 15 is 0 Å². The van der Waals surface area contributed by atoms with Crippen molar-refractivity contribution in [2.45, 2.75) is 57.1 Å². The summed E-state index contributed by atoms with van der Waals surface area (Å²) in [5.41, 5.74) is 5.36. The lowest BCUT2D eigenvalue weighted by molar-refractivity contribution is -0.155. The van der Waals surface area contributed by atoms with Crippen LogP contribution in [-0.2, 0) is 14.3 Å². The van der Waals surface area contributed by atoms with Crippen LogP contribution in [0, 0.1) is 0 Å². The van der Waals surface area contributed by atoms with Gasteiger partial charge in [-0.1, -0.05) is 6.42 Å². The molecular formula is C13H22N2O3. The Balaban J connectivity index is 1.79. The third-order valence-corrected chi connectivity index (χ3v) is 3.63. The summed E-state index contributed by atoms with van der Waals surface area (Å²) in [6.07, 6.45) is 7.41. The molecule has 2 N–H and O–H groups in total. The van der Waals surface area contributed by atoms with Crippen LogP contribution < -0.4 is 5.73 Å². The van der Waals surface area contributed by atoms with Crippen molar-refractivity contribution in [1.82, 2.24) is 4.90 Å². The lowest BCUT2D eigenvalue weighted by atomic mass is 9.98. The normalized spacial score (nSPS) is 20.5. The Morgan fingerprint density at radius 3 is 2.33 bits per heavy atom. The van der Waals surface area contributed by atoms with Crippen LogP contribution in [0.4, 0.5) is 0 Å². The van der Waals surface area contributed by atoms with Crippen LogP contribution in [0.25, 0.3) is 0 Å². The zero-order valence-corrected chi connectivity index (χ0v) is 10.8. The number of carbonyl (C=O) groups is 2. The summed E-state index contributed by atoms with van der Waals surface area (Å²) in [6, 6.07) is 0.208. The first kappa shape index (κ1) is 13.3. The zero-order chi connectivity index (χ0) is 13.0. The van der Waals surface area contributed by atoms with Gasteiger partial charge in [-0.15, -0.1) is 0 Å². The molecule has 2 saturated carbocycles. The molecule has 0 heterocycles. The number of ether oxygens (including phenoxy) is 1. The molecule has 102 valence electrons. The summed E-state index contributed by atoms with van der Waals surface area (Å²) in [6.45, 7) is 0.0322. The van der Waals surface area contributed by atoms with E-state index in [1.165, 1.54) is 6.42 Å². The molecule has 0 saturated heterocycles. The standard InChI is InChI=1S/C13H22N2O3/c14-8-12(16)15(10-6-7-10)9-13(17)18-11-4-2-1-3-5-11/h10-11H,1-9,14H2. The molecule has 5 heteroatoms. The maximum Gasteiger partial charge on any atom is 0.325 e. The number of nitrogens with zero attached hydrogens (tertiary/aromatic N) is 1. The number of hydrogen-bond donors (Lipinski definition) is 1. The topological polar surface area (TPSA) is 72.6 Å². The van der Waals surface area contributed by atoms with Gasteiger partial charge in [0.25, 0.3) is 0 Å². The fraction of sp³-hybridized carbons (Fsp3) is 0.846. The largest absolute Gasteiger partial charge is 0.461 e. The van der Waals surface area contributed by atoms with Gasteiger partial charge in [0, 0.05) is 6.04 Å². The number of amides is 1. The predicted octanol–water partition coefficient (Wildman–Crippen LogP) is 0.812. The van der Waals surface area contributed by atoms with E-state index in [1.54, 1.807) is 4.90 Å². The van der Waals surface area contributed by atoms with Crippen LogP contribution in [-0.4, -0.2) is 42.0 Å². The van der Waals surface area contributed by atoms with E-state index in [9.17, 15) is 9.59 Å². The van der Waals surface area contributed by atoms with Gasteiger partial charge in [0.1, 0.15) is 12.6 Å². The summed E-state index contributed by atoms with van der Waals surface area (Å²) in [4.78, 5) is 25.0. The predicted molar refractivity (Wildman–Crippen MR) is 66.8 cm³/mol. The minimum atomic E-state index is -0.282. The Bertz CT molecular complexity index is 309. The van der Waals surface area contributed by atoms with E-state index in [2.05, 4.69) is 0 Å². The van der Waals surface area contributed by atoms with Gasteiger partial charge in [0.05, 0.1) is 6.54 Å². The van der Waals surface area contributed by atoms with Crippen LogP contribution in [0.5, 0.6) is 0 Å². The fourth-order valence-electron chi connectivity index (χ4n) is 2.47. The average Bonchev–Trinajstić information content (AvgIpc) is 3.20. The van der Waals surface area contributed by atoms with E-state index in [4.69, 9.17) is 10.5 Å². The van der Waals surface area contributed by atoms with Crippen LogP contribution in [0.1, 0.15) is 44.9 Å². The SMILES string of the molecule is NCC(=O)N(CC(=O)OC1CCCCC1)C1CC1. The maximum atomic E-state index is 11.8. The van der Waals surface area contributed by atoms with Crippen LogP contribution in [0.15, 0.2) is 0 Å². The zero-order valence-electron chi connectivity index (χ0n) is 10.8. The van der Waals surface area contributed by atoms with Gasteiger partial charge >= 0.3 is 5.97 Å². The first-order valence-electron chi connectivity index (χ1n) is 6.89. The molecular weight excluding hydrogens is 232 g/mol. The van der Waals surface area contributed by atoms with Crippen molar-refractivity contribution < 1.29 is 14.3 Å². The molecule has 0 aromatic rings. The molecule has 2 aliphatic rings. The molecule has 1 amide bonds. The number of esters is 1. The molecule has 0 radical (unpaired) electrons. The second-order valence-electron chi connectivity index (χ2n) is 5.21. The summed E-state index contributed by atoms with van der Waals surface area (Å²) >= 11 is 0. The van der Waals surface area contributed by atoms with Gasteiger partial charge in [0.15, 0.2) is 0 Å². The number of hydrogen-bond acceptors (Lipinski definition) is 4. The fourth-order valence-corrected chi connectivity index (χ4v) is 2.47. The molecule has 18 heavy (non-hydrogen) atoms. The van der Waals surface area contributed by atoms with Crippen LogP contribution in [0.3, 0.4) is 0 Å². The van der Waals surface area contributed by atoms with E-state index in [0.29, 0.717) is 0 Å². The quantitative estimate of drug-likeness (QED) is 0.737. The third-order valence-electron chi connectivity index (χ3n) is 3.63. The molecule has 2 fully saturated rings. The van der Waals surface area contributed by atoms with Gasteiger partial charge in [-0.2, -0.15) is 0 Å². The van der Waals surface area contributed by atoms with Crippen molar-refractivity contribution in [3.63, 3.8) is 0 Å². The third kappa shape index (κ3) is 3.70. The Labute approximate surface area is 108 Å². The summed E-state index contributed by atoms with van der Waals surface area (Å²) in [5.74, 6) is -0.436. The highest BCUT2D eigenvalue weighted by Crippen LogP contribution is 2.27. The number of carbonyl (C=O) groups excluding carboxylic acids is 2. The van der Waals surface area contributed by atoms with Gasteiger partial charge in [-0.3, -0.25) is 9.59 Å². The molecule has 0 unspecified atom stereocenters. The molecule has 0 aromatic carbocycles. The van der Waals surface area contributed by atoms with E-state index < -0.39 is 0 Å². The van der Waals surface area contributed by atoms with Gasteiger partial charge in [-0.25, -0.2) is 0 Å². The van der Waals surface area contributed by atoms with Gasteiger partial charge < -0.3 is 15.4 Å². The summed E-state index contributed by atoms with van der Waals surface area (Å²) < 4.78 is 5.42. The molecule has 2 rings (SSSR count). The van der Waals surface area contributed by atoms with Crippen molar-refractivity contribution in [3.8, 4) is 0 Å². The molecule has 0 bridgehead atoms. The second-order valence-corrected chi connectivity index (χ2v) is 5.21. The van der Waals surface area contributed by atoms with Crippen LogP contribution >= 0.6 is 0 Å². The van der Waals surface area contributed by atoms with Gasteiger partial charge in [-0.05, 0) is 38.5 Å². The van der Waals surface area contributed by atoms with Crippen molar-refractivity contribution in [2.75, 3.05) is 13.1 Å². The van der Waals surface area contributed by atoms with E-state index in [-0.39, 0.29) is 37.1 Å². The lowest BCUT2D eigenvalue weighted by Gasteiger charge is -2.25. The van der Waals surface area contributed by atoms with Crippen molar-refractivity contribution in [1.29, 1.82) is 0 Å². The molecule has 0 aromatic heterocycles. The highest BCUT2D eigenvalue weighted by Gasteiger charge is 2.34. The highest BCUT2D eigenvalue weighted by molar-refractivity contribution is 5.83. The minimum Gasteiger partial charge on any atom is -0.461 e. The van der Waals surface area contributed by atoms with Crippen molar-refractivity contribution in [3.05, 3.63) is 0 Å². The lowest BCUT2D eigenvalue weighted by Crippen LogP contribution is -2.42. The molecule has 0 aliphatic heterocycles. The molecule has 0 atom stereocenters. The Hall–Kier alpha value is -1.10. The van der Waals surface area contributed by atoms with Gasteiger partial charge in [0.2, 0.25) is 5.91 Å². The van der Waals surface area contributed by atoms with Crippen LogP contribution in [0.2, 0.25) is 0 Å². The summed E-state index contributed by atoms with van der Waals surface area (Å²) in [5, 5.41) is 0. The Morgan fingerprint density at radius 1 is 1.11 bits per heavy atom. The molecule has 2 aliphatic carbocycles. The first-order chi connectivity index (χ1) is 8.70. The van der Waals surface area contributed by atoms with E-state index in [1.807, 2.05) is 0 Å². The summed E-state index contributed by atoms with van der Waals surface area (Å²) in [7, 11) is 0.